The van der Waals surface area contributed by atoms with Gasteiger partial charge in [0.1, 0.15) is 5.37 Å². The van der Waals surface area contributed by atoms with Gasteiger partial charge in [0.25, 0.3) is 0 Å². The maximum absolute atomic E-state index is 5.27. The maximum Gasteiger partial charge on any atom is 0.160 e. The molecule has 2 heterocycles. The van der Waals surface area contributed by atoms with Crippen LogP contribution in [-0.4, -0.2) is 15.3 Å². The van der Waals surface area contributed by atoms with Crippen molar-refractivity contribution in [3.8, 4) is 45.0 Å². The monoisotopic (exact) mass is 661 g/mol. The summed E-state index contributed by atoms with van der Waals surface area (Å²) in [5, 5.41) is 9.08. The average molecular weight is 662 g/mol. The van der Waals surface area contributed by atoms with Gasteiger partial charge in [0.15, 0.2) is 5.82 Å². The number of hydrogen-bond donors (Lipinski definition) is 1. The van der Waals surface area contributed by atoms with Gasteiger partial charge in [-0.1, -0.05) is 141 Å². The molecule has 2 aliphatic carbocycles. The zero-order valence-electron chi connectivity index (χ0n) is 28.1. The van der Waals surface area contributed by atoms with Crippen molar-refractivity contribution in [3.05, 3.63) is 156 Å². The van der Waals surface area contributed by atoms with Crippen molar-refractivity contribution in [1.29, 1.82) is 0 Å². The van der Waals surface area contributed by atoms with Gasteiger partial charge in [-0.25, -0.2) is 9.97 Å². The summed E-state index contributed by atoms with van der Waals surface area (Å²) in [7, 11) is 0. The largest absolute Gasteiger partial charge is 0.368 e. The van der Waals surface area contributed by atoms with Crippen LogP contribution in [0.1, 0.15) is 37.8 Å². The first-order valence-corrected chi connectivity index (χ1v) is 18.4. The molecule has 0 spiro atoms. The maximum atomic E-state index is 5.27. The summed E-state index contributed by atoms with van der Waals surface area (Å²) < 4.78 is 0. The Kier molecular flexibility index (Phi) is 6.66. The van der Waals surface area contributed by atoms with Crippen LogP contribution in [0.3, 0.4) is 0 Å². The molecule has 4 heteroatoms. The highest BCUT2D eigenvalue weighted by molar-refractivity contribution is 8.00. The number of benzene rings is 6. The molecule has 6 aromatic carbocycles. The van der Waals surface area contributed by atoms with E-state index in [9.17, 15) is 0 Å². The fourth-order valence-electron chi connectivity index (χ4n) is 8.13. The predicted octanol–water partition coefficient (Wildman–Crippen LogP) is 12.2. The Balaban J connectivity index is 1.09. The van der Waals surface area contributed by atoms with Crippen molar-refractivity contribution >= 4 is 39.0 Å². The van der Waals surface area contributed by atoms with Crippen LogP contribution >= 0.6 is 11.8 Å². The molecule has 1 N–H and O–H groups in total. The summed E-state index contributed by atoms with van der Waals surface area (Å²) in [6.45, 7) is 4.66. The van der Waals surface area contributed by atoms with E-state index in [4.69, 9.17) is 9.97 Å². The smallest absolute Gasteiger partial charge is 0.160 e. The third kappa shape index (κ3) is 4.66. The van der Waals surface area contributed by atoms with Gasteiger partial charge in [0.2, 0.25) is 0 Å². The van der Waals surface area contributed by atoms with Crippen LogP contribution in [0, 0.1) is 0 Å². The van der Waals surface area contributed by atoms with E-state index in [0.29, 0.717) is 0 Å². The second-order valence-corrected chi connectivity index (χ2v) is 15.3. The molecule has 0 saturated heterocycles. The molecule has 1 aromatic heterocycles. The number of fused-ring (bicyclic) bond motifs is 8. The van der Waals surface area contributed by atoms with Crippen LogP contribution < -0.4 is 5.32 Å². The first kappa shape index (κ1) is 29.5. The van der Waals surface area contributed by atoms with Crippen LogP contribution in [-0.2, 0) is 5.41 Å². The third-order valence-corrected chi connectivity index (χ3v) is 12.0. The predicted molar refractivity (Wildman–Crippen MR) is 211 cm³/mol. The zero-order chi connectivity index (χ0) is 33.4. The van der Waals surface area contributed by atoms with E-state index < -0.39 is 0 Å². The van der Waals surface area contributed by atoms with Crippen molar-refractivity contribution in [1.82, 2.24) is 9.97 Å². The number of aromatic nitrogens is 2. The summed E-state index contributed by atoms with van der Waals surface area (Å²) in [5.74, 6) is 0.731. The van der Waals surface area contributed by atoms with E-state index in [1.54, 1.807) is 0 Å². The summed E-state index contributed by atoms with van der Waals surface area (Å²) in [6, 6.07) is 44.0. The number of rotatable bonds is 4. The molecule has 0 bridgehead atoms. The number of anilines is 1. The number of nitrogens with one attached hydrogen (secondary N) is 1. The van der Waals surface area contributed by atoms with Gasteiger partial charge in [-0.2, -0.15) is 0 Å². The normalized spacial score (nSPS) is 16.9. The van der Waals surface area contributed by atoms with Gasteiger partial charge in [0, 0.05) is 32.4 Å². The standard InChI is InChI=1S/C46H35N3S/c1-46(2)37-16-10-9-15-35(37)36-23-19-32(26-38(36)46)40-27-39(28-11-5-3-6-12-28)47-44(48-40)33-20-22-34-31(25-33)18-17-29-21-24-41-43(42(29)34)49-45(50-41)30-13-7-4-8-14-30/h3,5-7,9-27,45,49H,4,8H2,1-2H3. The Morgan fingerprint density at radius 2 is 1.42 bits per heavy atom. The lowest BCUT2D eigenvalue weighted by molar-refractivity contribution is 0.660. The zero-order valence-corrected chi connectivity index (χ0v) is 28.9. The van der Waals surface area contributed by atoms with Gasteiger partial charge in [-0.15, -0.1) is 0 Å². The molecule has 3 nitrogen and oxygen atoms in total. The number of allylic oxidation sites excluding steroid dienone is 2. The summed E-state index contributed by atoms with van der Waals surface area (Å²) in [4.78, 5) is 11.8. The summed E-state index contributed by atoms with van der Waals surface area (Å²) in [5.41, 5.74) is 12.9. The molecular formula is C46H35N3S. The number of hydrogen-bond acceptors (Lipinski definition) is 4. The second-order valence-electron chi connectivity index (χ2n) is 14.1. The Hall–Kier alpha value is -5.45. The molecule has 50 heavy (non-hydrogen) atoms. The molecule has 0 fully saturated rings. The van der Waals surface area contributed by atoms with E-state index >= 15 is 0 Å². The molecule has 0 saturated carbocycles. The lowest BCUT2D eigenvalue weighted by atomic mass is 9.82. The van der Waals surface area contributed by atoms with Crippen LogP contribution in [0.2, 0.25) is 0 Å². The van der Waals surface area contributed by atoms with Crippen LogP contribution in [0.5, 0.6) is 0 Å². The molecule has 1 atom stereocenters. The highest BCUT2D eigenvalue weighted by Gasteiger charge is 2.35. The minimum Gasteiger partial charge on any atom is -0.368 e. The molecule has 0 radical (unpaired) electrons. The third-order valence-electron chi connectivity index (χ3n) is 10.7. The van der Waals surface area contributed by atoms with Crippen LogP contribution in [0.25, 0.3) is 66.6 Å². The quantitative estimate of drug-likeness (QED) is 0.191. The van der Waals surface area contributed by atoms with Gasteiger partial charge in [0.05, 0.1) is 17.1 Å². The molecule has 1 unspecified atom stereocenters. The van der Waals surface area contributed by atoms with E-state index in [1.807, 2.05) is 11.8 Å². The van der Waals surface area contributed by atoms with E-state index in [0.717, 1.165) is 46.7 Å². The van der Waals surface area contributed by atoms with Crippen LogP contribution in [0.15, 0.2) is 150 Å². The minimum atomic E-state index is -0.0845. The van der Waals surface area contributed by atoms with Gasteiger partial charge in [-0.05, 0) is 81.1 Å². The Bertz CT molecular complexity index is 2580. The molecule has 7 aromatic rings. The SMILES string of the molecule is CC1(C)c2ccccc2-c2ccc(-c3cc(-c4ccccc4)nc(-c4ccc5c(ccc6ccc7c(c65)NC(C5=CCCC=C5)S7)c4)n3)cc21. The summed E-state index contributed by atoms with van der Waals surface area (Å²) >= 11 is 1.92. The van der Waals surface area contributed by atoms with E-state index in [1.165, 1.54) is 60.0 Å². The fraction of sp³-hybridized carbons (Fsp3) is 0.130. The van der Waals surface area contributed by atoms with Crippen LogP contribution in [0.4, 0.5) is 5.69 Å². The number of nitrogens with zero attached hydrogens (tertiary/aromatic N) is 2. The Labute approximate surface area is 296 Å². The lowest BCUT2D eigenvalue weighted by Crippen LogP contribution is -2.14. The Morgan fingerprint density at radius 3 is 2.28 bits per heavy atom. The first-order valence-electron chi connectivity index (χ1n) is 17.5. The average Bonchev–Trinajstić information content (AvgIpc) is 3.71. The van der Waals surface area contributed by atoms with Gasteiger partial charge in [-0.3, -0.25) is 0 Å². The topological polar surface area (TPSA) is 37.8 Å². The van der Waals surface area contributed by atoms with E-state index in [-0.39, 0.29) is 10.8 Å². The molecule has 1 aliphatic heterocycles. The van der Waals surface area contributed by atoms with Gasteiger partial charge >= 0.3 is 0 Å². The fourth-order valence-corrected chi connectivity index (χ4v) is 9.30. The molecule has 240 valence electrons. The van der Waals surface area contributed by atoms with Crippen molar-refractivity contribution in [3.63, 3.8) is 0 Å². The highest BCUT2D eigenvalue weighted by atomic mass is 32.2. The van der Waals surface area contributed by atoms with Crippen molar-refractivity contribution in [2.45, 2.75) is 42.4 Å². The molecule has 0 amide bonds. The first-order chi connectivity index (χ1) is 24.5. The number of thioether (sulfide) groups is 1. The van der Waals surface area contributed by atoms with Crippen molar-refractivity contribution in [2.75, 3.05) is 5.32 Å². The molecule has 10 rings (SSSR count). The highest BCUT2D eigenvalue weighted by Crippen LogP contribution is 2.50. The molecule has 3 aliphatic rings. The minimum absolute atomic E-state index is 0.0845. The van der Waals surface area contributed by atoms with Gasteiger partial charge < -0.3 is 5.32 Å². The summed E-state index contributed by atoms with van der Waals surface area (Å²) in [6.07, 6.45) is 9.20. The molecular weight excluding hydrogens is 627 g/mol. The van der Waals surface area contributed by atoms with Crippen molar-refractivity contribution in [2.24, 2.45) is 0 Å². The van der Waals surface area contributed by atoms with E-state index in [2.05, 4.69) is 159 Å². The second kappa shape index (κ2) is 11.3. The van der Waals surface area contributed by atoms with Crippen molar-refractivity contribution < 1.29 is 0 Å². The Morgan fingerprint density at radius 1 is 0.660 bits per heavy atom. The lowest BCUT2D eigenvalue weighted by Gasteiger charge is -2.22.